The van der Waals surface area contributed by atoms with E-state index in [-0.39, 0.29) is 12.3 Å². The highest BCUT2D eigenvalue weighted by Crippen LogP contribution is 2.41. The highest BCUT2D eigenvalue weighted by Gasteiger charge is 2.30. The van der Waals surface area contributed by atoms with E-state index in [1.54, 1.807) is 0 Å². The Hall–Kier alpha value is -6.88. The Morgan fingerprint density at radius 3 is 1.72 bits per heavy atom. The van der Waals surface area contributed by atoms with Crippen LogP contribution in [0.3, 0.4) is 0 Å². The van der Waals surface area contributed by atoms with Crippen LogP contribution in [0.2, 0.25) is 0 Å². The van der Waals surface area contributed by atoms with Gasteiger partial charge in [-0.2, -0.15) is 0 Å². The maximum Gasteiger partial charge on any atom is 0.160 e. The van der Waals surface area contributed by atoms with Gasteiger partial charge in [-0.1, -0.05) is 140 Å². The van der Waals surface area contributed by atoms with Gasteiger partial charge in [-0.3, -0.25) is 5.32 Å². The van der Waals surface area contributed by atoms with E-state index in [4.69, 9.17) is 0 Å². The minimum Gasteiger partial charge on any atom is -0.352 e. The predicted molar refractivity (Wildman–Crippen MR) is 226 cm³/mol. The van der Waals surface area contributed by atoms with Gasteiger partial charge in [0.05, 0.1) is 17.1 Å². The van der Waals surface area contributed by atoms with Crippen LogP contribution in [0, 0.1) is 0 Å². The summed E-state index contributed by atoms with van der Waals surface area (Å²) in [6.07, 6.45) is -0.181. The smallest absolute Gasteiger partial charge is 0.160 e. The molecule has 4 nitrogen and oxygen atoms in total. The van der Waals surface area contributed by atoms with Gasteiger partial charge in [0.25, 0.3) is 0 Å². The highest BCUT2D eigenvalue weighted by atomic mass is 15.3. The fourth-order valence-corrected chi connectivity index (χ4v) is 8.13. The molecule has 2 atom stereocenters. The summed E-state index contributed by atoms with van der Waals surface area (Å²) >= 11 is 0. The molecule has 0 fully saturated rings. The number of hydrogen-bond acceptors (Lipinski definition) is 3. The van der Waals surface area contributed by atoms with E-state index in [0.717, 1.165) is 22.7 Å². The van der Waals surface area contributed by atoms with Crippen molar-refractivity contribution in [1.29, 1.82) is 0 Å². The number of aromatic nitrogens is 1. The standard InChI is InChI=1S/C50H38N4/c1-4-15-35(16-5-1)37-17-14-18-39(33-37)49-44-24-10-12-25-46(44)51-50(52-49)54-47-26-13-11-23-43(47)45-34-38(29-32-48(45)54)36-27-30-42(31-28-36)53(40-19-6-2-7-20-40)41-21-8-3-9-22-41/h1-34,49-52H. The summed E-state index contributed by atoms with van der Waals surface area (Å²) in [6.45, 7) is 0. The lowest BCUT2D eigenvalue weighted by Gasteiger charge is -2.36. The van der Waals surface area contributed by atoms with Crippen LogP contribution < -0.4 is 15.5 Å². The van der Waals surface area contributed by atoms with E-state index in [2.05, 4.69) is 226 Å². The summed E-state index contributed by atoms with van der Waals surface area (Å²) in [7, 11) is 0. The molecule has 2 heterocycles. The molecule has 4 heteroatoms. The zero-order valence-electron chi connectivity index (χ0n) is 29.7. The first-order valence-corrected chi connectivity index (χ1v) is 18.6. The van der Waals surface area contributed by atoms with Gasteiger partial charge >= 0.3 is 0 Å². The molecule has 0 spiro atoms. The van der Waals surface area contributed by atoms with Crippen molar-refractivity contribution in [3.63, 3.8) is 0 Å². The average molecular weight is 695 g/mol. The van der Waals surface area contributed by atoms with E-state index in [9.17, 15) is 0 Å². The van der Waals surface area contributed by atoms with Crippen LogP contribution in [-0.2, 0) is 0 Å². The predicted octanol–water partition coefficient (Wildman–Crippen LogP) is 12.9. The molecule has 0 aliphatic carbocycles. The summed E-state index contributed by atoms with van der Waals surface area (Å²) in [5.74, 6) is 0. The topological polar surface area (TPSA) is 32.2 Å². The number of rotatable bonds is 7. The molecule has 2 unspecified atom stereocenters. The lowest BCUT2D eigenvalue weighted by Crippen LogP contribution is -2.40. The van der Waals surface area contributed by atoms with Gasteiger partial charge in [0.1, 0.15) is 0 Å². The number of hydrogen-bond donors (Lipinski definition) is 2. The molecule has 1 aromatic heterocycles. The molecule has 0 amide bonds. The third kappa shape index (κ3) is 5.70. The summed E-state index contributed by atoms with van der Waals surface area (Å²) in [5.41, 5.74) is 14.2. The Balaban J connectivity index is 1.03. The second-order valence-electron chi connectivity index (χ2n) is 13.9. The van der Waals surface area contributed by atoms with Crippen LogP contribution in [0.25, 0.3) is 44.1 Å². The molecule has 258 valence electrons. The minimum atomic E-state index is -0.181. The lowest BCUT2D eigenvalue weighted by atomic mass is 9.93. The molecule has 1 aliphatic heterocycles. The third-order valence-corrected chi connectivity index (χ3v) is 10.7. The third-order valence-electron chi connectivity index (χ3n) is 10.7. The summed E-state index contributed by atoms with van der Waals surface area (Å²) in [6, 6.07) is 73.9. The number of nitrogens with zero attached hydrogens (tertiary/aromatic N) is 2. The first kappa shape index (κ1) is 31.8. The summed E-state index contributed by atoms with van der Waals surface area (Å²) in [5, 5.41) is 10.4. The zero-order valence-corrected chi connectivity index (χ0v) is 29.7. The zero-order chi connectivity index (χ0) is 35.8. The second kappa shape index (κ2) is 13.6. The van der Waals surface area contributed by atoms with Crippen molar-refractivity contribution in [2.45, 2.75) is 12.3 Å². The number of nitrogens with one attached hydrogen (secondary N) is 2. The average Bonchev–Trinajstić information content (AvgIpc) is 3.58. The van der Waals surface area contributed by atoms with Gasteiger partial charge in [-0.15, -0.1) is 0 Å². The normalized spacial score (nSPS) is 15.1. The van der Waals surface area contributed by atoms with Crippen LogP contribution in [-0.4, -0.2) is 4.57 Å². The summed E-state index contributed by atoms with van der Waals surface area (Å²) in [4.78, 5) is 2.30. The first-order chi connectivity index (χ1) is 26.8. The molecule has 0 bridgehead atoms. The fourth-order valence-electron chi connectivity index (χ4n) is 8.13. The van der Waals surface area contributed by atoms with Gasteiger partial charge in [0.15, 0.2) is 6.29 Å². The first-order valence-electron chi connectivity index (χ1n) is 18.6. The number of para-hydroxylation sites is 4. The van der Waals surface area contributed by atoms with E-state index >= 15 is 0 Å². The van der Waals surface area contributed by atoms with Crippen molar-refractivity contribution < 1.29 is 0 Å². The molecular weight excluding hydrogens is 657 g/mol. The molecule has 0 saturated carbocycles. The maximum absolute atomic E-state index is 4.03. The highest BCUT2D eigenvalue weighted by molar-refractivity contribution is 6.09. The molecular formula is C50H38N4. The van der Waals surface area contributed by atoms with Crippen molar-refractivity contribution in [3.8, 4) is 22.3 Å². The summed E-state index contributed by atoms with van der Waals surface area (Å²) < 4.78 is 2.43. The minimum absolute atomic E-state index is 0.00329. The molecule has 54 heavy (non-hydrogen) atoms. The van der Waals surface area contributed by atoms with Crippen LogP contribution in [0.4, 0.5) is 22.7 Å². The Kier molecular flexibility index (Phi) is 8.01. The van der Waals surface area contributed by atoms with Crippen molar-refractivity contribution in [1.82, 2.24) is 9.88 Å². The van der Waals surface area contributed by atoms with Crippen LogP contribution in [0.15, 0.2) is 206 Å². The molecule has 0 radical (unpaired) electrons. The van der Waals surface area contributed by atoms with E-state index in [1.165, 1.54) is 55.2 Å². The molecule has 8 aromatic carbocycles. The quantitative estimate of drug-likeness (QED) is 0.174. The largest absolute Gasteiger partial charge is 0.352 e. The van der Waals surface area contributed by atoms with Crippen molar-refractivity contribution >= 4 is 44.6 Å². The van der Waals surface area contributed by atoms with Gasteiger partial charge in [-0.05, 0) is 100 Å². The Bertz CT molecular complexity index is 2680. The number of benzene rings is 8. The molecule has 2 N–H and O–H groups in total. The second-order valence-corrected chi connectivity index (χ2v) is 13.9. The van der Waals surface area contributed by atoms with Gasteiger partial charge < -0.3 is 14.8 Å². The van der Waals surface area contributed by atoms with Gasteiger partial charge in [0, 0.05) is 33.5 Å². The number of anilines is 4. The Labute approximate surface area is 315 Å². The van der Waals surface area contributed by atoms with Gasteiger partial charge in [0.2, 0.25) is 0 Å². The van der Waals surface area contributed by atoms with Crippen molar-refractivity contribution in [2.75, 3.05) is 10.2 Å². The Morgan fingerprint density at radius 2 is 0.963 bits per heavy atom. The monoisotopic (exact) mass is 694 g/mol. The molecule has 1 aliphatic rings. The SMILES string of the molecule is c1ccc(-c2cccc(C3NC(n4c5ccccc5c5cc(-c6ccc(N(c7ccccc7)c7ccccc7)cc6)ccc54)Nc4ccccc43)c2)cc1. The van der Waals surface area contributed by atoms with Crippen LogP contribution in [0.5, 0.6) is 0 Å². The van der Waals surface area contributed by atoms with E-state index < -0.39 is 0 Å². The Morgan fingerprint density at radius 1 is 0.407 bits per heavy atom. The van der Waals surface area contributed by atoms with Crippen LogP contribution >= 0.6 is 0 Å². The van der Waals surface area contributed by atoms with Gasteiger partial charge in [-0.25, -0.2) is 0 Å². The lowest BCUT2D eigenvalue weighted by molar-refractivity contribution is 0.417. The maximum atomic E-state index is 4.03. The van der Waals surface area contributed by atoms with E-state index in [0.29, 0.717) is 0 Å². The van der Waals surface area contributed by atoms with E-state index in [1.807, 2.05) is 0 Å². The fraction of sp³-hybridized carbons (Fsp3) is 0.0400. The molecule has 0 saturated heterocycles. The van der Waals surface area contributed by atoms with Crippen molar-refractivity contribution in [2.24, 2.45) is 0 Å². The molecule has 9 aromatic rings. The number of fused-ring (bicyclic) bond motifs is 4. The van der Waals surface area contributed by atoms with Crippen molar-refractivity contribution in [3.05, 3.63) is 217 Å². The molecule has 10 rings (SSSR count). The van der Waals surface area contributed by atoms with Crippen LogP contribution in [0.1, 0.15) is 23.5 Å².